The Kier molecular flexibility index (Phi) is 3.70. The van der Waals surface area contributed by atoms with Crippen molar-refractivity contribution >= 4 is 17.6 Å². The van der Waals surface area contributed by atoms with Crippen molar-refractivity contribution < 1.29 is 14.1 Å². The maximum Gasteiger partial charge on any atom is 0.321 e. The molecular formula is C15H18N4O3. The molecular weight excluding hydrogens is 284 g/mol. The second-order valence-corrected chi connectivity index (χ2v) is 5.57. The Bertz CT molecular complexity index is 696. The first-order valence-electron chi connectivity index (χ1n) is 7.19. The fourth-order valence-electron chi connectivity index (χ4n) is 2.17. The Morgan fingerprint density at radius 2 is 2.14 bits per heavy atom. The lowest BCUT2D eigenvalue weighted by Crippen LogP contribution is -2.25. The summed E-state index contributed by atoms with van der Waals surface area (Å²) in [6, 6.07) is 5.99. The van der Waals surface area contributed by atoms with E-state index in [4.69, 9.17) is 9.26 Å². The number of rotatable bonds is 4. The fourth-order valence-corrected chi connectivity index (χ4v) is 2.17. The second-order valence-electron chi connectivity index (χ2n) is 5.57. The quantitative estimate of drug-likeness (QED) is 0.902. The fraction of sp³-hybridized carbons (Fsp3) is 0.400. The summed E-state index contributed by atoms with van der Waals surface area (Å²) in [4.78, 5) is 15.7. The maximum absolute atomic E-state index is 11.4. The predicted molar refractivity (Wildman–Crippen MR) is 81.0 cm³/mol. The molecule has 0 aliphatic carbocycles. The molecule has 0 saturated carbocycles. The molecule has 0 fully saturated rings. The molecule has 0 spiro atoms. The normalized spacial score (nSPS) is 15.0. The number of hydrogen-bond donors (Lipinski definition) is 2. The molecule has 1 aromatic carbocycles. The maximum atomic E-state index is 11.4. The monoisotopic (exact) mass is 302 g/mol. The number of nitrogens with zero attached hydrogens (tertiary/aromatic N) is 2. The van der Waals surface area contributed by atoms with E-state index in [0.717, 1.165) is 5.56 Å². The van der Waals surface area contributed by atoms with Gasteiger partial charge in [0.05, 0.1) is 11.7 Å². The molecule has 116 valence electrons. The van der Waals surface area contributed by atoms with Gasteiger partial charge >= 0.3 is 6.01 Å². The molecule has 0 bridgehead atoms. The standard InChI is InChI=1S/C15H18N4O3/c1-8(2)14-18-15(22-19-14)16-9(3)10-4-5-12-11(6-10)17-13(20)7-21-12/h4-6,8-9H,7H2,1-3H3,(H,17,20)(H,16,18,19). The summed E-state index contributed by atoms with van der Waals surface area (Å²) in [6.45, 7) is 6.04. The Balaban J connectivity index is 1.75. The third-order valence-electron chi connectivity index (χ3n) is 3.43. The summed E-state index contributed by atoms with van der Waals surface area (Å²) in [7, 11) is 0. The first kappa shape index (κ1) is 14.4. The van der Waals surface area contributed by atoms with Gasteiger partial charge in [0.1, 0.15) is 5.75 Å². The molecule has 1 aliphatic heterocycles. The van der Waals surface area contributed by atoms with Crippen LogP contribution >= 0.6 is 0 Å². The lowest BCUT2D eigenvalue weighted by molar-refractivity contribution is -0.118. The second kappa shape index (κ2) is 5.67. The number of aromatic nitrogens is 2. The molecule has 22 heavy (non-hydrogen) atoms. The van der Waals surface area contributed by atoms with Crippen molar-refractivity contribution in [1.82, 2.24) is 10.1 Å². The van der Waals surface area contributed by atoms with Crippen molar-refractivity contribution in [3.05, 3.63) is 29.6 Å². The molecule has 7 heteroatoms. The highest BCUT2D eigenvalue weighted by Gasteiger charge is 2.18. The van der Waals surface area contributed by atoms with Crippen LogP contribution in [0.2, 0.25) is 0 Å². The van der Waals surface area contributed by atoms with Crippen molar-refractivity contribution in [2.45, 2.75) is 32.7 Å². The van der Waals surface area contributed by atoms with Gasteiger partial charge in [-0.15, -0.1) is 0 Å². The van der Waals surface area contributed by atoms with Crippen LogP contribution in [0.4, 0.5) is 11.7 Å². The summed E-state index contributed by atoms with van der Waals surface area (Å²) >= 11 is 0. The first-order valence-corrected chi connectivity index (χ1v) is 7.19. The highest BCUT2D eigenvalue weighted by atomic mass is 16.5. The number of fused-ring (bicyclic) bond motifs is 1. The predicted octanol–water partition coefficient (Wildman–Crippen LogP) is 2.70. The van der Waals surface area contributed by atoms with Gasteiger partial charge in [-0.3, -0.25) is 4.79 Å². The lowest BCUT2D eigenvalue weighted by atomic mass is 10.1. The third-order valence-corrected chi connectivity index (χ3v) is 3.43. The van der Waals surface area contributed by atoms with E-state index in [1.807, 2.05) is 39.0 Å². The van der Waals surface area contributed by atoms with Crippen LogP contribution in [-0.4, -0.2) is 22.7 Å². The van der Waals surface area contributed by atoms with Gasteiger partial charge in [-0.2, -0.15) is 4.98 Å². The van der Waals surface area contributed by atoms with Crippen LogP contribution in [0, 0.1) is 0 Å². The molecule has 0 radical (unpaired) electrons. The molecule has 1 aromatic heterocycles. The SMILES string of the molecule is CC(C)c1noc(NC(C)c2ccc3c(c2)NC(=O)CO3)n1. The zero-order valence-electron chi connectivity index (χ0n) is 12.7. The van der Waals surface area contributed by atoms with E-state index in [9.17, 15) is 4.79 Å². The zero-order valence-corrected chi connectivity index (χ0v) is 12.7. The highest BCUT2D eigenvalue weighted by molar-refractivity contribution is 5.95. The minimum atomic E-state index is -0.149. The number of benzene rings is 1. The number of ether oxygens (including phenoxy) is 1. The number of nitrogens with one attached hydrogen (secondary N) is 2. The van der Waals surface area contributed by atoms with E-state index < -0.39 is 0 Å². The van der Waals surface area contributed by atoms with E-state index in [1.165, 1.54) is 0 Å². The molecule has 2 N–H and O–H groups in total. The number of hydrogen-bond acceptors (Lipinski definition) is 6. The average Bonchev–Trinajstić information content (AvgIpc) is 2.95. The minimum absolute atomic E-state index is 0.0513. The van der Waals surface area contributed by atoms with Crippen LogP contribution in [0.15, 0.2) is 22.7 Å². The number of carbonyl (C=O) groups is 1. The largest absolute Gasteiger partial charge is 0.482 e. The van der Waals surface area contributed by atoms with Crippen molar-refractivity contribution in [3.63, 3.8) is 0 Å². The van der Waals surface area contributed by atoms with E-state index in [2.05, 4.69) is 20.8 Å². The van der Waals surface area contributed by atoms with Crippen molar-refractivity contribution in [3.8, 4) is 5.75 Å². The van der Waals surface area contributed by atoms with E-state index in [-0.39, 0.29) is 24.5 Å². The molecule has 1 amide bonds. The van der Waals surface area contributed by atoms with Gasteiger partial charge in [0.15, 0.2) is 12.4 Å². The van der Waals surface area contributed by atoms with Crippen molar-refractivity contribution in [2.24, 2.45) is 0 Å². The molecule has 2 heterocycles. The van der Waals surface area contributed by atoms with Gasteiger partial charge in [0.2, 0.25) is 0 Å². The van der Waals surface area contributed by atoms with Gasteiger partial charge < -0.3 is 19.9 Å². The molecule has 0 saturated heterocycles. The van der Waals surface area contributed by atoms with E-state index in [1.54, 1.807) is 0 Å². The molecule has 1 aliphatic rings. The Labute approximate surface area is 128 Å². The Morgan fingerprint density at radius 3 is 2.86 bits per heavy atom. The molecule has 3 rings (SSSR count). The first-order chi connectivity index (χ1) is 10.5. The lowest BCUT2D eigenvalue weighted by Gasteiger charge is -2.20. The van der Waals surface area contributed by atoms with E-state index >= 15 is 0 Å². The van der Waals surface area contributed by atoms with Gasteiger partial charge in [-0.1, -0.05) is 25.1 Å². The van der Waals surface area contributed by atoms with Gasteiger partial charge in [-0.25, -0.2) is 0 Å². The Hall–Kier alpha value is -2.57. The van der Waals surface area contributed by atoms with Gasteiger partial charge in [-0.05, 0) is 24.6 Å². The van der Waals surface area contributed by atoms with Crippen molar-refractivity contribution in [1.29, 1.82) is 0 Å². The Morgan fingerprint density at radius 1 is 1.32 bits per heavy atom. The molecule has 7 nitrogen and oxygen atoms in total. The number of anilines is 2. The summed E-state index contributed by atoms with van der Waals surface area (Å²) < 4.78 is 10.5. The third kappa shape index (κ3) is 2.88. The van der Waals surface area contributed by atoms with Gasteiger partial charge in [0, 0.05) is 5.92 Å². The molecule has 1 unspecified atom stereocenters. The van der Waals surface area contributed by atoms with Crippen LogP contribution in [-0.2, 0) is 4.79 Å². The highest BCUT2D eigenvalue weighted by Crippen LogP contribution is 2.31. The van der Waals surface area contributed by atoms with Crippen LogP contribution < -0.4 is 15.4 Å². The van der Waals surface area contributed by atoms with Crippen LogP contribution in [0.25, 0.3) is 0 Å². The van der Waals surface area contributed by atoms with E-state index in [0.29, 0.717) is 23.3 Å². The topological polar surface area (TPSA) is 89.3 Å². The summed E-state index contributed by atoms with van der Waals surface area (Å²) in [6.07, 6.45) is 0. The number of amides is 1. The van der Waals surface area contributed by atoms with Crippen LogP contribution in [0.1, 0.15) is 44.1 Å². The van der Waals surface area contributed by atoms with Crippen molar-refractivity contribution in [2.75, 3.05) is 17.2 Å². The smallest absolute Gasteiger partial charge is 0.321 e. The zero-order chi connectivity index (χ0) is 15.7. The molecule has 1 atom stereocenters. The van der Waals surface area contributed by atoms with Crippen LogP contribution in [0.3, 0.4) is 0 Å². The number of carbonyl (C=O) groups excluding carboxylic acids is 1. The van der Waals surface area contributed by atoms with Crippen LogP contribution in [0.5, 0.6) is 5.75 Å². The molecule has 2 aromatic rings. The van der Waals surface area contributed by atoms with Gasteiger partial charge in [0.25, 0.3) is 5.91 Å². The summed E-state index contributed by atoms with van der Waals surface area (Å²) in [5, 5.41) is 9.87. The average molecular weight is 302 g/mol. The minimum Gasteiger partial charge on any atom is -0.482 e. The summed E-state index contributed by atoms with van der Waals surface area (Å²) in [5.41, 5.74) is 1.66. The summed E-state index contributed by atoms with van der Waals surface area (Å²) in [5.74, 6) is 1.41.